The largest absolute Gasteiger partial charge is 0.389 e. The first kappa shape index (κ1) is 23.6. The molecule has 0 bridgehead atoms. The predicted octanol–water partition coefficient (Wildman–Crippen LogP) is 2.82. The molecule has 1 atom stereocenters. The molecular formula is C18H32Cl2N2O2. The van der Waals surface area contributed by atoms with Gasteiger partial charge in [-0.05, 0) is 26.3 Å². The van der Waals surface area contributed by atoms with E-state index in [9.17, 15) is 5.11 Å². The lowest BCUT2D eigenvalue weighted by molar-refractivity contribution is -0.0587. The highest BCUT2D eigenvalue weighted by atomic mass is 35.5. The molecule has 6 heteroatoms. The average Bonchev–Trinajstić information content (AvgIpc) is 2.48. The van der Waals surface area contributed by atoms with Crippen LogP contribution in [0, 0.1) is 0 Å². The highest BCUT2D eigenvalue weighted by Crippen LogP contribution is 2.10. The van der Waals surface area contributed by atoms with Gasteiger partial charge in [-0.15, -0.1) is 24.8 Å². The summed E-state index contributed by atoms with van der Waals surface area (Å²) in [7, 11) is 0. The van der Waals surface area contributed by atoms with Crippen molar-refractivity contribution in [3.8, 4) is 0 Å². The summed E-state index contributed by atoms with van der Waals surface area (Å²) in [5.41, 5.74) is 1.18. The number of aliphatic hydroxyl groups excluding tert-OH is 1. The first-order valence-corrected chi connectivity index (χ1v) is 8.23. The van der Waals surface area contributed by atoms with Crippen LogP contribution in [-0.4, -0.2) is 65.9 Å². The summed E-state index contributed by atoms with van der Waals surface area (Å²) in [6, 6.07) is 10.6. The fraction of sp³-hybridized carbons (Fsp3) is 0.667. The normalized spacial score (nSPS) is 17.7. The third kappa shape index (κ3) is 9.21. The molecular weight excluding hydrogens is 347 g/mol. The molecule has 0 radical (unpaired) electrons. The Bertz CT molecular complexity index is 432. The van der Waals surface area contributed by atoms with Crippen molar-refractivity contribution in [3.05, 3.63) is 35.9 Å². The minimum atomic E-state index is -0.403. The van der Waals surface area contributed by atoms with E-state index < -0.39 is 6.10 Å². The second-order valence-corrected chi connectivity index (χ2v) is 7.14. The molecule has 0 saturated carbocycles. The van der Waals surface area contributed by atoms with Gasteiger partial charge in [0.2, 0.25) is 0 Å². The quantitative estimate of drug-likeness (QED) is 0.825. The maximum Gasteiger partial charge on any atom is 0.0900 e. The molecule has 24 heavy (non-hydrogen) atoms. The number of piperazine rings is 1. The van der Waals surface area contributed by atoms with Crippen LogP contribution < -0.4 is 0 Å². The van der Waals surface area contributed by atoms with Crippen LogP contribution in [0.4, 0.5) is 0 Å². The van der Waals surface area contributed by atoms with Crippen molar-refractivity contribution in [2.75, 3.05) is 39.3 Å². The van der Waals surface area contributed by atoms with Gasteiger partial charge in [-0.2, -0.15) is 0 Å². The molecule has 1 heterocycles. The van der Waals surface area contributed by atoms with Crippen LogP contribution in [0.15, 0.2) is 30.3 Å². The van der Waals surface area contributed by atoms with Gasteiger partial charge in [0.25, 0.3) is 0 Å². The van der Waals surface area contributed by atoms with E-state index in [1.165, 1.54) is 5.56 Å². The molecule has 0 aromatic heterocycles. The standard InChI is InChI=1S/C18H30N2O2.2ClH/c1-18(2,3)22-15-17(21)14-20-11-9-19(10-12-20)13-16-7-5-4-6-8-16;;/h4-8,17,21H,9-15H2,1-3H3;2*1H. The minimum Gasteiger partial charge on any atom is -0.389 e. The Morgan fingerprint density at radius 1 is 1.00 bits per heavy atom. The van der Waals surface area contributed by atoms with E-state index in [0.717, 1.165) is 32.7 Å². The van der Waals surface area contributed by atoms with Gasteiger partial charge in [0.1, 0.15) is 0 Å². The van der Waals surface area contributed by atoms with E-state index in [1.807, 2.05) is 20.8 Å². The summed E-state index contributed by atoms with van der Waals surface area (Å²) < 4.78 is 5.65. The molecule has 0 aliphatic carbocycles. The molecule has 2 rings (SSSR count). The van der Waals surface area contributed by atoms with E-state index in [4.69, 9.17) is 4.74 Å². The Kier molecular flexibility index (Phi) is 11.1. The maximum atomic E-state index is 10.1. The summed E-state index contributed by atoms with van der Waals surface area (Å²) in [6.07, 6.45) is -0.403. The summed E-state index contributed by atoms with van der Waals surface area (Å²) in [4.78, 5) is 4.81. The van der Waals surface area contributed by atoms with Gasteiger partial charge in [0.15, 0.2) is 0 Å². The summed E-state index contributed by atoms with van der Waals surface area (Å²) in [5, 5.41) is 10.1. The Hall–Kier alpha value is -0.360. The Morgan fingerprint density at radius 3 is 2.08 bits per heavy atom. The maximum absolute atomic E-state index is 10.1. The summed E-state index contributed by atoms with van der Waals surface area (Å²) >= 11 is 0. The lowest BCUT2D eigenvalue weighted by atomic mass is 10.2. The summed E-state index contributed by atoms with van der Waals surface area (Å²) in [5.74, 6) is 0. The predicted molar refractivity (Wildman–Crippen MR) is 104 cm³/mol. The number of nitrogens with zero attached hydrogens (tertiary/aromatic N) is 2. The van der Waals surface area contributed by atoms with E-state index in [1.54, 1.807) is 0 Å². The van der Waals surface area contributed by atoms with Gasteiger partial charge in [0, 0.05) is 39.3 Å². The third-order valence-electron chi connectivity index (χ3n) is 3.89. The van der Waals surface area contributed by atoms with Gasteiger partial charge in [-0.3, -0.25) is 9.80 Å². The van der Waals surface area contributed by atoms with Gasteiger partial charge < -0.3 is 9.84 Å². The monoisotopic (exact) mass is 378 g/mol. The number of halogens is 2. The molecule has 0 spiro atoms. The Balaban J connectivity index is 0.00000264. The van der Waals surface area contributed by atoms with Crippen LogP contribution in [0.5, 0.6) is 0 Å². The lowest BCUT2D eigenvalue weighted by Gasteiger charge is -2.36. The SMILES string of the molecule is CC(C)(C)OCC(O)CN1CCN(Cc2ccccc2)CC1.Cl.Cl. The number of aliphatic hydroxyl groups is 1. The van der Waals surface area contributed by atoms with Gasteiger partial charge in [0.05, 0.1) is 18.3 Å². The number of ether oxygens (including phenoxy) is 1. The first-order valence-electron chi connectivity index (χ1n) is 8.23. The Labute approximate surface area is 159 Å². The van der Waals surface area contributed by atoms with Crippen molar-refractivity contribution in [1.29, 1.82) is 0 Å². The molecule has 1 aromatic carbocycles. The molecule has 1 unspecified atom stereocenters. The molecule has 1 aliphatic rings. The lowest BCUT2D eigenvalue weighted by Crippen LogP contribution is -2.48. The second kappa shape index (κ2) is 11.3. The smallest absolute Gasteiger partial charge is 0.0900 e. The van der Waals surface area contributed by atoms with Crippen molar-refractivity contribution >= 4 is 24.8 Å². The van der Waals surface area contributed by atoms with E-state index >= 15 is 0 Å². The van der Waals surface area contributed by atoms with Crippen molar-refractivity contribution in [2.24, 2.45) is 0 Å². The molecule has 1 N–H and O–H groups in total. The molecule has 140 valence electrons. The zero-order chi connectivity index (χ0) is 16.0. The van der Waals surface area contributed by atoms with Crippen molar-refractivity contribution in [2.45, 2.75) is 39.0 Å². The molecule has 1 aromatic rings. The zero-order valence-corrected chi connectivity index (χ0v) is 16.6. The number of hydrogen-bond acceptors (Lipinski definition) is 4. The fourth-order valence-corrected chi connectivity index (χ4v) is 2.67. The van der Waals surface area contributed by atoms with Crippen molar-refractivity contribution in [1.82, 2.24) is 9.80 Å². The van der Waals surface area contributed by atoms with Crippen LogP contribution in [0.25, 0.3) is 0 Å². The number of β-amino-alcohol motifs (C(OH)–C–C–N with tert-alkyl or cyclic N) is 1. The molecule has 0 amide bonds. The van der Waals surface area contributed by atoms with Crippen molar-refractivity contribution < 1.29 is 9.84 Å². The first-order chi connectivity index (χ1) is 10.4. The fourth-order valence-electron chi connectivity index (χ4n) is 2.67. The van der Waals surface area contributed by atoms with Crippen LogP contribution in [-0.2, 0) is 11.3 Å². The topological polar surface area (TPSA) is 35.9 Å². The van der Waals surface area contributed by atoms with E-state index in [0.29, 0.717) is 13.2 Å². The third-order valence-corrected chi connectivity index (χ3v) is 3.89. The van der Waals surface area contributed by atoms with Crippen molar-refractivity contribution in [3.63, 3.8) is 0 Å². The molecule has 1 saturated heterocycles. The highest BCUT2D eigenvalue weighted by Gasteiger charge is 2.20. The minimum absolute atomic E-state index is 0. The molecule has 4 nitrogen and oxygen atoms in total. The number of benzene rings is 1. The zero-order valence-electron chi connectivity index (χ0n) is 15.0. The summed E-state index contributed by atoms with van der Waals surface area (Å²) in [6.45, 7) is 12.3. The van der Waals surface area contributed by atoms with Crippen LogP contribution in [0.1, 0.15) is 26.3 Å². The van der Waals surface area contributed by atoms with Gasteiger partial charge >= 0.3 is 0 Å². The Morgan fingerprint density at radius 2 is 1.54 bits per heavy atom. The average molecular weight is 379 g/mol. The van der Waals surface area contributed by atoms with Gasteiger partial charge in [-0.1, -0.05) is 30.3 Å². The van der Waals surface area contributed by atoms with E-state index in [2.05, 4.69) is 40.1 Å². The van der Waals surface area contributed by atoms with Gasteiger partial charge in [-0.25, -0.2) is 0 Å². The number of rotatable bonds is 6. The van der Waals surface area contributed by atoms with Crippen LogP contribution >= 0.6 is 24.8 Å². The van der Waals surface area contributed by atoms with Crippen LogP contribution in [0.3, 0.4) is 0 Å². The molecule has 1 aliphatic heterocycles. The van der Waals surface area contributed by atoms with E-state index in [-0.39, 0.29) is 30.4 Å². The second-order valence-electron chi connectivity index (χ2n) is 7.14. The highest BCUT2D eigenvalue weighted by molar-refractivity contribution is 5.85. The molecule has 1 fully saturated rings. The van der Waals surface area contributed by atoms with Crippen LogP contribution in [0.2, 0.25) is 0 Å². The number of hydrogen-bond donors (Lipinski definition) is 1.